The molecule has 3 rings (SSSR count). The predicted octanol–water partition coefficient (Wildman–Crippen LogP) is 3.59. The van der Waals surface area contributed by atoms with Gasteiger partial charge in [-0.3, -0.25) is 9.59 Å². The molecule has 0 spiro atoms. The fourth-order valence-electron chi connectivity index (χ4n) is 4.36. The van der Waals surface area contributed by atoms with Crippen molar-refractivity contribution in [3.05, 3.63) is 53.9 Å². The average Bonchev–Trinajstić information content (AvgIpc) is 2.99. The van der Waals surface area contributed by atoms with Gasteiger partial charge in [0.1, 0.15) is 18.8 Å². The number of carbonyl (C=O) groups is 3. The molecule has 0 aliphatic carbocycles. The summed E-state index contributed by atoms with van der Waals surface area (Å²) >= 11 is 0. The summed E-state index contributed by atoms with van der Waals surface area (Å²) in [6.45, 7) is 9.88. The van der Waals surface area contributed by atoms with Gasteiger partial charge >= 0.3 is 11.9 Å². The number of rotatable bonds is 13. The quantitative estimate of drug-likeness (QED) is 0.211. The third kappa shape index (κ3) is 9.42. The normalized spacial score (nSPS) is 21.1. The van der Waals surface area contributed by atoms with Crippen LogP contribution in [0.3, 0.4) is 0 Å². The number of nitrogens with one attached hydrogen (secondary N) is 1. The third-order valence-corrected chi connectivity index (χ3v) is 6.41. The van der Waals surface area contributed by atoms with Gasteiger partial charge in [-0.2, -0.15) is 0 Å². The first-order valence-electron chi connectivity index (χ1n) is 14.2. The molecule has 0 bridgehead atoms. The minimum atomic E-state index is -1.30. The van der Waals surface area contributed by atoms with Gasteiger partial charge in [0.25, 0.3) is 5.91 Å². The second kappa shape index (κ2) is 16.1. The van der Waals surface area contributed by atoms with E-state index in [-0.39, 0.29) is 35.8 Å². The van der Waals surface area contributed by atoms with Gasteiger partial charge in [0.05, 0.1) is 19.6 Å². The minimum absolute atomic E-state index is 0.0492. The van der Waals surface area contributed by atoms with Gasteiger partial charge < -0.3 is 33.7 Å². The first-order valence-corrected chi connectivity index (χ1v) is 14.2. The van der Waals surface area contributed by atoms with Crippen molar-refractivity contribution in [1.82, 2.24) is 10.3 Å². The molecule has 4 atom stereocenters. The molecular formula is C31H42N2O9. The van der Waals surface area contributed by atoms with Crippen LogP contribution in [0.5, 0.6) is 11.5 Å². The van der Waals surface area contributed by atoms with Crippen molar-refractivity contribution >= 4 is 17.8 Å². The Kier molecular flexibility index (Phi) is 12.6. The number of esters is 2. The van der Waals surface area contributed by atoms with Crippen LogP contribution in [-0.4, -0.2) is 74.8 Å². The van der Waals surface area contributed by atoms with E-state index in [4.69, 9.17) is 28.4 Å². The van der Waals surface area contributed by atoms with E-state index in [1.54, 1.807) is 6.92 Å². The highest BCUT2D eigenvalue weighted by atomic mass is 16.7. The average molecular weight is 587 g/mol. The highest BCUT2D eigenvalue weighted by Gasteiger charge is 2.40. The number of hydrogen-bond acceptors (Lipinski definition) is 10. The van der Waals surface area contributed by atoms with Crippen LogP contribution in [0.1, 0.15) is 50.7 Å². The summed E-state index contributed by atoms with van der Waals surface area (Å²) < 4.78 is 34.0. The molecule has 1 N–H and O–H groups in total. The van der Waals surface area contributed by atoms with Crippen molar-refractivity contribution in [3.8, 4) is 11.5 Å². The zero-order valence-corrected chi connectivity index (χ0v) is 25.2. The molecule has 1 aliphatic heterocycles. The van der Waals surface area contributed by atoms with Crippen LogP contribution < -0.4 is 14.8 Å². The maximum atomic E-state index is 13.4. The molecule has 11 heteroatoms. The molecule has 42 heavy (non-hydrogen) atoms. The summed E-state index contributed by atoms with van der Waals surface area (Å²) in [5, 5.41) is 2.58. The largest absolute Gasteiger partial charge is 0.493 e. The van der Waals surface area contributed by atoms with Crippen LogP contribution in [-0.2, 0) is 35.0 Å². The predicted molar refractivity (Wildman–Crippen MR) is 153 cm³/mol. The van der Waals surface area contributed by atoms with Crippen LogP contribution in [0.4, 0.5) is 0 Å². The minimum Gasteiger partial charge on any atom is -0.493 e. The van der Waals surface area contributed by atoms with E-state index in [0.717, 1.165) is 5.56 Å². The van der Waals surface area contributed by atoms with Crippen LogP contribution in [0.25, 0.3) is 0 Å². The number of hydrogen-bond donors (Lipinski definition) is 1. The third-order valence-electron chi connectivity index (χ3n) is 6.41. The van der Waals surface area contributed by atoms with E-state index in [2.05, 4.69) is 10.3 Å². The summed E-state index contributed by atoms with van der Waals surface area (Å²) in [4.78, 5) is 44.2. The summed E-state index contributed by atoms with van der Waals surface area (Å²) in [6.07, 6.45) is 0.143. The van der Waals surface area contributed by atoms with E-state index in [9.17, 15) is 14.4 Å². The molecule has 1 amide bonds. The molecule has 2 aromatic rings. The molecule has 11 nitrogen and oxygen atoms in total. The van der Waals surface area contributed by atoms with Crippen molar-refractivity contribution in [2.75, 3.05) is 33.7 Å². The lowest BCUT2D eigenvalue weighted by molar-refractivity contribution is -0.165. The second-order valence-corrected chi connectivity index (χ2v) is 11.0. The maximum absolute atomic E-state index is 13.4. The number of carbonyl (C=O) groups excluding carboxylic acids is 3. The first kappa shape index (κ1) is 32.8. The Bertz CT molecular complexity index is 1170. The lowest BCUT2D eigenvalue weighted by atomic mass is 9.91. The van der Waals surface area contributed by atoms with Crippen LogP contribution in [0.2, 0.25) is 0 Å². The molecule has 0 radical (unpaired) electrons. The summed E-state index contributed by atoms with van der Waals surface area (Å²) in [5.74, 6) is -2.03. The summed E-state index contributed by atoms with van der Waals surface area (Å²) in [7, 11) is 1.43. The Morgan fingerprint density at radius 1 is 1.05 bits per heavy atom. The first-order chi connectivity index (χ1) is 20.1. The SMILES string of the molecule is COc1ccnc(C(=O)N[C@H]2COC(=O)[C@H](Cc3ccccc3)[C@@H](OCC(C)C)[C@H](C)OC2=O)c1OCOCC(C)C. The molecule has 1 fully saturated rings. The monoisotopic (exact) mass is 586 g/mol. The molecule has 230 valence electrons. The Morgan fingerprint density at radius 2 is 1.76 bits per heavy atom. The van der Waals surface area contributed by atoms with Crippen LogP contribution in [0, 0.1) is 17.8 Å². The Labute approximate surface area is 247 Å². The molecule has 1 aromatic carbocycles. The lowest BCUT2D eigenvalue weighted by Crippen LogP contribution is -2.46. The van der Waals surface area contributed by atoms with E-state index in [0.29, 0.717) is 19.6 Å². The van der Waals surface area contributed by atoms with Gasteiger partial charge in [-0.1, -0.05) is 58.0 Å². The van der Waals surface area contributed by atoms with E-state index in [1.165, 1.54) is 19.4 Å². The Morgan fingerprint density at radius 3 is 2.43 bits per heavy atom. The van der Waals surface area contributed by atoms with E-state index in [1.807, 2.05) is 58.0 Å². The molecule has 1 aromatic heterocycles. The lowest BCUT2D eigenvalue weighted by Gasteiger charge is -2.30. The highest BCUT2D eigenvalue weighted by molar-refractivity contribution is 5.98. The number of aromatic nitrogens is 1. The number of ether oxygens (including phenoxy) is 6. The molecule has 1 aliphatic rings. The van der Waals surface area contributed by atoms with Crippen LogP contribution >= 0.6 is 0 Å². The molecule has 2 heterocycles. The molecular weight excluding hydrogens is 544 g/mol. The summed E-state index contributed by atoms with van der Waals surface area (Å²) in [6, 6.07) is 9.72. The Hall–Kier alpha value is -3.70. The maximum Gasteiger partial charge on any atom is 0.332 e. The highest BCUT2D eigenvalue weighted by Crippen LogP contribution is 2.30. The van der Waals surface area contributed by atoms with Crippen molar-refractivity contribution < 1.29 is 42.8 Å². The number of pyridine rings is 1. The van der Waals surface area contributed by atoms with Crippen molar-refractivity contribution in [3.63, 3.8) is 0 Å². The second-order valence-electron chi connectivity index (χ2n) is 11.0. The zero-order chi connectivity index (χ0) is 30.6. The fourth-order valence-corrected chi connectivity index (χ4v) is 4.36. The van der Waals surface area contributed by atoms with Crippen molar-refractivity contribution in [2.45, 2.75) is 59.3 Å². The summed E-state index contributed by atoms with van der Waals surface area (Å²) in [5.41, 5.74) is 0.781. The Balaban J connectivity index is 1.81. The van der Waals surface area contributed by atoms with Gasteiger partial charge in [0, 0.05) is 18.9 Å². The zero-order valence-electron chi connectivity index (χ0n) is 25.2. The molecule has 0 saturated carbocycles. The van der Waals surface area contributed by atoms with Crippen LogP contribution in [0.15, 0.2) is 42.6 Å². The van der Waals surface area contributed by atoms with Gasteiger partial charge in [0.15, 0.2) is 30.0 Å². The smallest absolute Gasteiger partial charge is 0.332 e. The van der Waals surface area contributed by atoms with E-state index >= 15 is 0 Å². The standard InChI is InChI=1S/C31H42N2O9/c1-19(2)15-38-18-41-28-25(37-6)12-13-32-26(28)29(34)33-24-17-40-30(35)23(14-22-10-8-7-9-11-22)27(39-16-20(3)4)21(5)42-31(24)36/h7-13,19-21,23-24,27H,14-18H2,1-6H3,(H,33,34)/t21-,23+,24-,27-/m0/s1. The molecule has 1 saturated heterocycles. The number of benzene rings is 1. The van der Waals surface area contributed by atoms with E-state index < -0.39 is 48.6 Å². The topological polar surface area (TPSA) is 132 Å². The number of cyclic esters (lactones) is 2. The van der Waals surface area contributed by atoms with Gasteiger partial charge in [-0.15, -0.1) is 0 Å². The van der Waals surface area contributed by atoms with Gasteiger partial charge in [-0.05, 0) is 30.7 Å². The number of methoxy groups -OCH3 is 1. The van der Waals surface area contributed by atoms with Gasteiger partial charge in [-0.25, -0.2) is 9.78 Å². The van der Waals surface area contributed by atoms with Gasteiger partial charge in [0.2, 0.25) is 0 Å². The number of amides is 1. The number of nitrogens with zero attached hydrogens (tertiary/aromatic N) is 1. The fraction of sp³-hybridized carbons (Fsp3) is 0.548. The van der Waals surface area contributed by atoms with Crippen molar-refractivity contribution in [2.24, 2.45) is 17.8 Å². The molecule has 0 unspecified atom stereocenters. The van der Waals surface area contributed by atoms with Crippen molar-refractivity contribution in [1.29, 1.82) is 0 Å².